The molecule has 0 heterocycles. The molecule has 0 saturated carbocycles. The molecule has 2 atom stereocenters. The number of hydrogen-bond acceptors (Lipinski definition) is 4. The van der Waals surface area contributed by atoms with Crippen LogP contribution < -0.4 is 9.61 Å². The second kappa shape index (κ2) is 6.82. The molecule has 0 aliphatic heterocycles. The molecular weight excluding hydrogens is 335 g/mol. The van der Waals surface area contributed by atoms with Gasteiger partial charge in [-0.25, -0.2) is 9.65 Å². The predicted octanol–water partition coefficient (Wildman–Crippen LogP) is 3.87. The predicted molar refractivity (Wildman–Crippen MR) is 75.2 cm³/mol. The first-order chi connectivity index (χ1) is 8.75. The van der Waals surface area contributed by atoms with Crippen LogP contribution in [0.15, 0.2) is 18.2 Å². The van der Waals surface area contributed by atoms with E-state index in [0.717, 1.165) is 0 Å². The van der Waals surface area contributed by atoms with Gasteiger partial charge in [-0.3, -0.25) is 4.79 Å². The minimum absolute atomic E-state index is 0.164. The van der Waals surface area contributed by atoms with Crippen molar-refractivity contribution in [2.45, 2.75) is 13.0 Å². The summed E-state index contributed by atoms with van der Waals surface area (Å²) < 4.78 is 21.5. The minimum Gasteiger partial charge on any atom is -0.468 e. The van der Waals surface area contributed by atoms with Crippen molar-refractivity contribution in [1.29, 1.82) is 0 Å². The molecule has 0 radical (unpaired) electrons. The van der Waals surface area contributed by atoms with Crippen molar-refractivity contribution in [3.63, 3.8) is 0 Å². The zero-order valence-electron chi connectivity index (χ0n) is 10.0. The Morgan fingerprint density at radius 1 is 1.37 bits per heavy atom. The summed E-state index contributed by atoms with van der Waals surface area (Å²) in [6, 6.07) is 3.41. The molecule has 0 aliphatic rings. The minimum atomic E-state index is -3.75. The number of esters is 1. The third kappa shape index (κ3) is 5.21. The van der Waals surface area contributed by atoms with Gasteiger partial charge in [-0.1, -0.05) is 23.2 Å². The molecule has 0 spiro atoms. The third-order valence-corrected chi connectivity index (χ3v) is 4.40. The lowest BCUT2D eigenvalue weighted by molar-refractivity contribution is -0.142. The summed E-state index contributed by atoms with van der Waals surface area (Å²) in [5.74, 6) is -0.448. The van der Waals surface area contributed by atoms with Gasteiger partial charge in [0.1, 0.15) is 11.8 Å². The van der Waals surface area contributed by atoms with Crippen LogP contribution in [0.2, 0.25) is 10.0 Å². The number of carbonyl (C=O) groups excluding carboxylic acids is 1. The Labute approximate surface area is 125 Å². The molecule has 9 heteroatoms. The maximum absolute atomic E-state index is 12.0. The summed E-state index contributed by atoms with van der Waals surface area (Å²) in [6.07, 6.45) is 0. The van der Waals surface area contributed by atoms with Crippen molar-refractivity contribution in [2.24, 2.45) is 0 Å². The van der Waals surface area contributed by atoms with E-state index in [0.29, 0.717) is 5.02 Å². The summed E-state index contributed by atoms with van der Waals surface area (Å²) >= 11 is 17.2. The van der Waals surface area contributed by atoms with Gasteiger partial charge >= 0.3 is 12.8 Å². The van der Waals surface area contributed by atoms with Crippen LogP contribution in [0.4, 0.5) is 0 Å². The maximum Gasteiger partial charge on any atom is 0.409 e. The molecule has 1 aromatic rings. The van der Waals surface area contributed by atoms with Crippen LogP contribution in [0.3, 0.4) is 0 Å². The summed E-state index contributed by atoms with van der Waals surface area (Å²) in [4.78, 5) is 11.2. The van der Waals surface area contributed by atoms with E-state index in [1.807, 2.05) is 0 Å². The molecule has 0 aromatic heterocycles. The van der Waals surface area contributed by atoms with Crippen molar-refractivity contribution in [1.82, 2.24) is 5.09 Å². The standard InChI is InChI=1S/C10H11Cl3NO4P/c1-6(10(15)17-2)14-19(13,16)18-7-3-4-8(11)9(12)5-7/h3-6H,1-2H3,(H,14,16)/t6-,19?/m0/s1. The fourth-order valence-corrected chi connectivity index (χ4v) is 3.13. The fourth-order valence-electron chi connectivity index (χ4n) is 1.16. The summed E-state index contributed by atoms with van der Waals surface area (Å²) in [5.41, 5.74) is 0. The zero-order valence-corrected chi connectivity index (χ0v) is 13.2. The number of carbonyl (C=O) groups is 1. The van der Waals surface area contributed by atoms with Gasteiger partial charge in [-0.15, -0.1) is 0 Å². The number of hydrogen-bond donors (Lipinski definition) is 1. The van der Waals surface area contributed by atoms with E-state index in [9.17, 15) is 9.36 Å². The van der Waals surface area contributed by atoms with E-state index in [1.165, 1.54) is 32.2 Å². The van der Waals surface area contributed by atoms with Crippen LogP contribution in [0.1, 0.15) is 6.92 Å². The van der Waals surface area contributed by atoms with Crippen molar-refractivity contribution in [2.75, 3.05) is 7.11 Å². The van der Waals surface area contributed by atoms with Gasteiger partial charge in [0.25, 0.3) is 0 Å². The van der Waals surface area contributed by atoms with Crippen LogP contribution >= 0.6 is 41.3 Å². The number of halogens is 3. The lowest BCUT2D eigenvalue weighted by Crippen LogP contribution is -2.32. The van der Waals surface area contributed by atoms with E-state index >= 15 is 0 Å². The second-order valence-corrected chi connectivity index (χ2v) is 7.07. The molecule has 5 nitrogen and oxygen atoms in total. The van der Waals surface area contributed by atoms with E-state index in [4.69, 9.17) is 39.0 Å². The van der Waals surface area contributed by atoms with Gasteiger partial charge < -0.3 is 9.26 Å². The van der Waals surface area contributed by atoms with Crippen LogP contribution in [0, 0.1) is 0 Å². The Hall–Kier alpha value is -0.450. The van der Waals surface area contributed by atoms with Crippen molar-refractivity contribution >= 4 is 47.3 Å². The maximum atomic E-state index is 12.0. The topological polar surface area (TPSA) is 64.6 Å². The number of rotatable bonds is 5. The van der Waals surface area contributed by atoms with Gasteiger partial charge in [0.05, 0.1) is 17.2 Å². The van der Waals surface area contributed by atoms with E-state index in [1.54, 1.807) is 0 Å². The molecule has 0 bridgehead atoms. The highest BCUT2D eigenvalue weighted by Crippen LogP contribution is 2.49. The smallest absolute Gasteiger partial charge is 0.409 e. The molecule has 1 rings (SSSR count). The average molecular weight is 347 g/mol. The number of benzene rings is 1. The normalized spacial score (nSPS) is 15.4. The lowest BCUT2D eigenvalue weighted by Gasteiger charge is -2.17. The fraction of sp³-hybridized carbons (Fsp3) is 0.300. The second-order valence-electron chi connectivity index (χ2n) is 3.52. The number of ether oxygens (including phenoxy) is 1. The first kappa shape index (κ1) is 16.6. The van der Waals surface area contributed by atoms with Crippen LogP contribution in [-0.2, 0) is 14.1 Å². The highest BCUT2D eigenvalue weighted by atomic mass is 35.7. The summed E-state index contributed by atoms with van der Waals surface area (Å²) in [6.45, 7) is -2.31. The molecule has 19 heavy (non-hydrogen) atoms. The Kier molecular flexibility index (Phi) is 5.96. The van der Waals surface area contributed by atoms with Gasteiger partial charge in [0, 0.05) is 17.3 Å². The van der Waals surface area contributed by atoms with Gasteiger partial charge in [0.15, 0.2) is 0 Å². The number of nitrogens with one attached hydrogen (secondary N) is 1. The highest BCUT2D eigenvalue weighted by Gasteiger charge is 2.27. The molecule has 1 N–H and O–H groups in total. The molecule has 0 saturated heterocycles. The third-order valence-electron chi connectivity index (χ3n) is 2.02. The molecule has 1 unspecified atom stereocenters. The molecule has 0 fully saturated rings. The largest absolute Gasteiger partial charge is 0.468 e. The molecule has 106 valence electrons. The van der Waals surface area contributed by atoms with Crippen LogP contribution in [0.25, 0.3) is 0 Å². The van der Waals surface area contributed by atoms with E-state index < -0.39 is 18.9 Å². The molecular formula is C10H11Cl3NO4P. The van der Waals surface area contributed by atoms with Crippen molar-refractivity contribution in [3.8, 4) is 5.75 Å². The zero-order chi connectivity index (χ0) is 14.6. The van der Waals surface area contributed by atoms with Gasteiger partial charge in [-0.2, -0.15) is 0 Å². The van der Waals surface area contributed by atoms with Crippen molar-refractivity contribution in [3.05, 3.63) is 28.2 Å². The first-order valence-electron chi connectivity index (χ1n) is 5.05. The summed E-state index contributed by atoms with van der Waals surface area (Å²) in [7, 11) is 1.21. The summed E-state index contributed by atoms with van der Waals surface area (Å²) in [5, 5.41) is 2.90. The Balaban J connectivity index is 2.76. The average Bonchev–Trinajstić information content (AvgIpc) is 2.31. The monoisotopic (exact) mass is 345 g/mol. The Bertz CT molecular complexity index is 525. The van der Waals surface area contributed by atoms with Crippen LogP contribution in [-0.4, -0.2) is 19.1 Å². The van der Waals surface area contributed by atoms with E-state index in [2.05, 4.69) is 9.82 Å². The molecule has 0 aliphatic carbocycles. The van der Waals surface area contributed by atoms with Gasteiger partial charge in [0.2, 0.25) is 0 Å². The molecule has 0 amide bonds. The van der Waals surface area contributed by atoms with Crippen LogP contribution in [0.5, 0.6) is 5.75 Å². The van der Waals surface area contributed by atoms with E-state index in [-0.39, 0.29) is 10.8 Å². The van der Waals surface area contributed by atoms with Crippen molar-refractivity contribution < 1.29 is 18.6 Å². The number of methoxy groups -OCH3 is 1. The lowest BCUT2D eigenvalue weighted by atomic mass is 10.3. The highest BCUT2D eigenvalue weighted by molar-refractivity contribution is 7.84. The quantitative estimate of drug-likeness (QED) is 0.647. The van der Waals surface area contributed by atoms with Gasteiger partial charge in [-0.05, 0) is 19.1 Å². The Morgan fingerprint density at radius 2 is 2.00 bits per heavy atom. The first-order valence-corrected chi connectivity index (χ1v) is 8.33. The SMILES string of the molecule is COC(=O)[C@H](C)NP(=O)(Cl)Oc1ccc(Cl)c(Cl)c1. The molecule has 1 aromatic carbocycles. The Morgan fingerprint density at radius 3 is 2.53 bits per heavy atom.